The van der Waals surface area contributed by atoms with E-state index in [4.69, 9.17) is 21.4 Å². The first-order valence-electron chi connectivity index (χ1n) is 11.0. The van der Waals surface area contributed by atoms with Crippen LogP contribution < -0.4 is 20.3 Å². The van der Waals surface area contributed by atoms with Crippen LogP contribution in [0.5, 0.6) is 5.75 Å². The summed E-state index contributed by atoms with van der Waals surface area (Å²) < 4.78 is 11.2. The van der Waals surface area contributed by atoms with Crippen molar-refractivity contribution in [3.8, 4) is 17.2 Å². The third kappa shape index (κ3) is 5.02. The molecule has 2 N–H and O–H groups in total. The van der Waals surface area contributed by atoms with Crippen molar-refractivity contribution in [2.75, 3.05) is 30.4 Å². The monoisotopic (exact) mass is 474 g/mol. The number of nitrogens with zero attached hydrogens (tertiary/aromatic N) is 2. The Labute approximate surface area is 203 Å². The quantitative estimate of drug-likeness (QED) is 0.344. The molecule has 4 aromatic rings. The van der Waals surface area contributed by atoms with E-state index in [9.17, 15) is 4.79 Å². The minimum absolute atomic E-state index is 0.172. The number of anilines is 2. The highest BCUT2D eigenvalue weighted by Gasteiger charge is 2.14. The molecule has 174 valence electrons. The number of methoxy groups -OCH3 is 1. The number of thiocarbonyl (C=S) groups is 1. The number of hydrogen-bond donors (Lipinski definition) is 2. The molecule has 3 aromatic carbocycles. The van der Waals surface area contributed by atoms with Gasteiger partial charge in [-0.05, 0) is 80.7 Å². The van der Waals surface area contributed by atoms with E-state index in [1.165, 1.54) is 12.8 Å². The van der Waals surface area contributed by atoms with Crippen molar-refractivity contribution < 1.29 is 13.9 Å². The number of benzene rings is 3. The van der Waals surface area contributed by atoms with Crippen LogP contribution in [0, 0.1) is 0 Å². The zero-order valence-electron chi connectivity index (χ0n) is 19.3. The first-order chi connectivity index (χ1) is 16.5. The molecule has 34 heavy (non-hydrogen) atoms. The van der Waals surface area contributed by atoms with Gasteiger partial charge in [-0.1, -0.05) is 12.1 Å². The summed E-state index contributed by atoms with van der Waals surface area (Å²) in [5.41, 5.74) is 4.51. The van der Waals surface area contributed by atoms with Crippen LogP contribution in [0.1, 0.15) is 24.2 Å². The summed E-state index contributed by atoms with van der Waals surface area (Å²) in [6.45, 7) is 6.18. The minimum atomic E-state index is -0.354. The van der Waals surface area contributed by atoms with Crippen molar-refractivity contribution in [1.29, 1.82) is 0 Å². The van der Waals surface area contributed by atoms with Crippen LogP contribution in [0.25, 0.3) is 22.6 Å². The number of carbonyl (C=O) groups is 1. The third-order valence-electron chi connectivity index (χ3n) is 5.47. The second-order valence-electron chi connectivity index (χ2n) is 7.53. The molecular weight excluding hydrogens is 448 g/mol. The van der Waals surface area contributed by atoms with Gasteiger partial charge in [0.2, 0.25) is 5.89 Å². The molecule has 0 spiro atoms. The lowest BCUT2D eigenvalue weighted by molar-refractivity contribution is 0.0975. The SMILES string of the molecule is CCN(CC)c1ccc(-c2nc3cc(NC(=S)NC(=O)c4ccccc4OC)ccc3o2)cc1. The molecule has 0 bridgehead atoms. The van der Waals surface area contributed by atoms with Gasteiger partial charge in [-0.25, -0.2) is 4.98 Å². The summed E-state index contributed by atoms with van der Waals surface area (Å²) in [5, 5.41) is 5.87. The first-order valence-corrected chi connectivity index (χ1v) is 11.4. The first kappa shape index (κ1) is 23.3. The Kier molecular flexibility index (Phi) is 7.08. The number of para-hydroxylation sites is 1. The number of nitrogens with one attached hydrogen (secondary N) is 2. The van der Waals surface area contributed by atoms with Gasteiger partial charge < -0.3 is 19.4 Å². The normalized spacial score (nSPS) is 10.7. The zero-order chi connectivity index (χ0) is 24.1. The van der Waals surface area contributed by atoms with E-state index < -0.39 is 0 Å². The van der Waals surface area contributed by atoms with Gasteiger partial charge in [0.05, 0.1) is 12.7 Å². The Morgan fingerprint density at radius 2 is 1.79 bits per heavy atom. The van der Waals surface area contributed by atoms with Gasteiger partial charge in [0.25, 0.3) is 5.91 Å². The highest BCUT2D eigenvalue weighted by molar-refractivity contribution is 7.80. The van der Waals surface area contributed by atoms with Crippen molar-refractivity contribution in [3.63, 3.8) is 0 Å². The highest BCUT2D eigenvalue weighted by Crippen LogP contribution is 2.28. The molecule has 0 aliphatic rings. The molecule has 1 amide bonds. The number of hydrogen-bond acceptors (Lipinski definition) is 6. The van der Waals surface area contributed by atoms with Gasteiger partial charge in [0.1, 0.15) is 11.3 Å². The third-order valence-corrected chi connectivity index (χ3v) is 5.67. The second-order valence-corrected chi connectivity index (χ2v) is 7.94. The lowest BCUT2D eigenvalue weighted by Crippen LogP contribution is -2.34. The van der Waals surface area contributed by atoms with Gasteiger partial charge in [0, 0.05) is 30.0 Å². The molecule has 0 saturated carbocycles. The molecule has 0 aliphatic heterocycles. The molecular formula is C26H26N4O3S. The number of oxazole rings is 1. The number of fused-ring (bicyclic) bond motifs is 1. The molecule has 1 aromatic heterocycles. The van der Waals surface area contributed by atoms with Crippen LogP contribution in [-0.4, -0.2) is 36.2 Å². The molecule has 4 rings (SSSR count). The van der Waals surface area contributed by atoms with Crippen molar-refractivity contribution in [2.45, 2.75) is 13.8 Å². The average molecular weight is 475 g/mol. The Morgan fingerprint density at radius 1 is 1.06 bits per heavy atom. The van der Waals surface area contributed by atoms with Crippen molar-refractivity contribution >= 4 is 45.7 Å². The number of rotatable bonds is 7. The predicted octanol–water partition coefficient (Wildman–Crippen LogP) is 5.48. The van der Waals surface area contributed by atoms with Gasteiger partial charge in [-0.2, -0.15) is 0 Å². The summed E-state index contributed by atoms with van der Waals surface area (Å²) in [6.07, 6.45) is 0. The maximum atomic E-state index is 12.6. The standard InChI is InChI=1S/C26H26N4O3S/c1-4-30(5-2)19-13-10-17(11-14-19)25-28-21-16-18(12-15-23(21)33-25)27-26(34)29-24(31)20-8-6-7-9-22(20)32-3/h6-16H,4-5H2,1-3H3,(H2,27,29,31,34). The Morgan fingerprint density at radius 3 is 2.50 bits per heavy atom. The van der Waals surface area contributed by atoms with Crippen molar-refractivity contribution in [1.82, 2.24) is 10.3 Å². The van der Waals surface area contributed by atoms with Crippen LogP contribution in [0.4, 0.5) is 11.4 Å². The molecule has 0 atom stereocenters. The van der Waals surface area contributed by atoms with Gasteiger partial charge in [-0.15, -0.1) is 0 Å². The van der Waals surface area contributed by atoms with E-state index in [0.717, 1.165) is 18.7 Å². The van der Waals surface area contributed by atoms with Crippen LogP contribution >= 0.6 is 12.2 Å². The Bertz CT molecular complexity index is 1310. The van der Waals surface area contributed by atoms with Gasteiger partial charge >= 0.3 is 0 Å². The maximum Gasteiger partial charge on any atom is 0.261 e. The molecule has 0 unspecified atom stereocenters. The molecule has 8 heteroatoms. The van der Waals surface area contributed by atoms with Crippen LogP contribution in [0.3, 0.4) is 0 Å². The Balaban J connectivity index is 1.47. The van der Waals surface area contributed by atoms with Gasteiger partial charge in [-0.3, -0.25) is 10.1 Å². The van der Waals surface area contributed by atoms with E-state index in [1.807, 2.05) is 30.3 Å². The lowest BCUT2D eigenvalue weighted by Gasteiger charge is -2.20. The van der Waals surface area contributed by atoms with Crippen LogP contribution in [-0.2, 0) is 0 Å². The predicted molar refractivity (Wildman–Crippen MR) is 140 cm³/mol. The minimum Gasteiger partial charge on any atom is -0.496 e. The van der Waals surface area contributed by atoms with Gasteiger partial charge in [0.15, 0.2) is 10.7 Å². The van der Waals surface area contributed by atoms with E-state index in [2.05, 4.69) is 46.5 Å². The topological polar surface area (TPSA) is 79.6 Å². The van der Waals surface area contributed by atoms with E-state index in [1.54, 1.807) is 24.3 Å². The van der Waals surface area contributed by atoms with Crippen molar-refractivity contribution in [3.05, 3.63) is 72.3 Å². The second kappa shape index (κ2) is 10.4. The van der Waals surface area contributed by atoms with E-state index in [0.29, 0.717) is 34.0 Å². The molecule has 0 saturated heterocycles. The maximum absolute atomic E-state index is 12.6. The lowest BCUT2D eigenvalue weighted by atomic mass is 10.2. The largest absolute Gasteiger partial charge is 0.496 e. The van der Waals surface area contributed by atoms with E-state index in [-0.39, 0.29) is 11.0 Å². The molecule has 0 radical (unpaired) electrons. The highest BCUT2D eigenvalue weighted by atomic mass is 32.1. The number of ether oxygens (including phenoxy) is 1. The molecule has 7 nitrogen and oxygen atoms in total. The molecule has 0 aliphatic carbocycles. The molecule has 0 fully saturated rings. The average Bonchev–Trinajstić information content (AvgIpc) is 3.28. The molecule has 1 heterocycles. The number of aromatic nitrogens is 1. The fourth-order valence-electron chi connectivity index (χ4n) is 3.70. The summed E-state index contributed by atoms with van der Waals surface area (Å²) in [4.78, 5) is 19.5. The van der Waals surface area contributed by atoms with Crippen molar-refractivity contribution in [2.24, 2.45) is 0 Å². The fourth-order valence-corrected chi connectivity index (χ4v) is 3.91. The van der Waals surface area contributed by atoms with E-state index >= 15 is 0 Å². The summed E-state index contributed by atoms with van der Waals surface area (Å²) >= 11 is 5.32. The number of carbonyl (C=O) groups excluding carboxylic acids is 1. The smallest absolute Gasteiger partial charge is 0.261 e. The Hall–Kier alpha value is -3.91. The summed E-state index contributed by atoms with van der Waals surface area (Å²) in [6, 6.07) is 20.6. The fraction of sp³-hybridized carbons (Fsp3) is 0.192. The summed E-state index contributed by atoms with van der Waals surface area (Å²) in [5.74, 6) is 0.669. The van der Waals surface area contributed by atoms with Crippen LogP contribution in [0.15, 0.2) is 71.1 Å². The summed E-state index contributed by atoms with van der Waals surface area (Å²) in [7, 11) is 1.52. The van der Waals surface area contributed by atoms with Crippen LogP contribution in [0.2, 0.25) is 0 Å². The zero-order valence-corrected chi connectivity index (χ0v) is 20.1. The number of amides is 1.